The predicted octanol–water partition coefficient (Wildman–Crippen LogP) is 4.26. The van der Waals surface area contributed by atoms with E-state index in [9.17, 15) is 9.18 Å². The van der Waals surface area contributed by atoms with Crippen molar-refractivity contribution in [2.75, 3.05) is 6.54 Å². The van der Waals surface area contributed by atoms with Crippen molar-refractivity contribution in [3.05, 3.63) is 88.9 Å². The highest BCUT2D eigenvalue weighted by Gasteiger charge is 2.16. The van der Waals surface area contributed by atoms with Crippen molar-refractivity contribution in [2.24, 2.45) is 0 Å². The van der Waals surface area contributed by atoms with E-state index in [0.29, 0.717) is 25.2 Å². The Morgan fingerprint density at radius 1 is 1.15 bits per heavy atom. The molecular weight excluding hydrogens is 361 g/mol. The minimum atomic E-state index is -0.264. The van der Waals surface area contributed by atoms with Gasteiger partial charge < -0.3 is 9.88 Å². The Kier molecular flexibility index (Phi) is 4.98. The molecule has 6 heteroatoms. The smallest absolute Gasteiger partial charge is 0.267 e. The van der Waals surface area contributed by atoms with E-state index >= 15 is 0 Å². The van der Waals surface area contributed by atoms with E-state index in [1.165, 1.54) is 12.1 Å². The molecule has 27 heavy (non-hydrogen) atoms. The maximum atomic E-state index is 13.2. The number of benzene rings is 1. The van der Waals surface area contributed by atoms with E-state index in [1.807, 2.05) is 40.3 Å². The van der Waals surface area contributed by atoms with Crippen molar-refractivity contribution in [1.29, 1.82) is 0 Å². The van der Waals surface area contributed by atoms with Crippen LogP contribution in [0.1, 0.15) is 21.7 Å². The van der Waals surface area contributed by atoms with Crippen LogP contribution < -0.4 is 5.32 Å². The highest BCUT2D eigenvalue weighted by Crippen LogP contribution is 2.26. The van der Waals surface area contributed by atoms with Crippen LogP contribution in [0.2, 0.25) is 0 Å². The molecule has 0 unspecified atom stereocenters. The Morgan fingerprint density at radius 2 is 2.00 bits per heavy atom. The molecule has 0 bridgehead atoms. The summed E-state index contributed by atoms with van der Waals surface area (Å²) in [4.78, 5) is 17.0. The lowest BCUT2D eigenvalue weighted by Crippen LogP contribution is -2.28. The fourth-order valence-electron chi connectivity index (χ4n) is 3.05. The largest absolute Gasteiger partial charge is 0.350 e. The van der Waals surface area contributed by atoms with E-state index in [2.05, 4.69) is 10.3 Å². The molecule has 0 aliphatic heterocycles. The summed E-state index contributed by atoms with van der Waals surface area (Å²) in [6, 6.07) is 16.1. The van der Waals surface area contributed by atoms with Crippen molar-refractivity contribution in [3.8, 4) is 0 Å². The summed E-state index contributed by atoms with van der Waals surface area (Å²) in [5.41, 5.74) is 3.52. The number of carbonyl (C=O) groups is 1. The number of rotatable bonds is 6. The molecule has 0 radical (unpaired) electrons. The summed E-state index contributed by atoms with van der Waals surface area (Å²) in [5.74, 6) is -0.379. The Balaban J connectivity index is 1.52. The Bertz CT molecular complexity index is 1050. The number of fused-ring (bicyclic) bond motifs is 1. The molecule has 0 aliphatic carbocycles. The van der Waals surface area contributed by atoms with Gasteiger partial charge in [0.25, 0.3) is 5.91 Å². The molecule has 1 N–H and O–H groups in total. The summed E-state index contributed by atoms with van der Waals surface area (Å²) < 4.78 is 16.2. The Morgan fingerprint density at radius 3 is 2.78 bits per heavy atom. The molecule has 1 amide bonds. The third-order valence-corrected chi connectivity index (χ3v) is 5.26. The Labute approximate surface area is 160 Å². The number of thiophene rings is 1. The first kappa shape index (κ1) is 17.4. The molecule has 0 saturated carbocycles. The van der Waals surface area contributed by atoms with Crippen molar-refractivity contribution in [2.45, 2.75) is 13.0 Å². The molecule has 0 saturated heterocycles. The topological polar surface area (TPSA) is 46.9 Å². The van der Waals surface area contributed by atoms with Gasteiger partial charge in [0.2, 0.25) is 0 Å². The maximum Gasteiger partial charge on any atom is 0.267 e. The quantitative estimate of drug-likeness (QED) is 0.544. The van der Waals surface area contributed by atoms with Gasteiger partial charge in [-0.15, -0.1) is 11.3 Å². The summed E-state index contributed by atoms with van der Waals surface area (Å²) >= 11 is 1.60. The van der Waals surface area contributed by atoms with Crippen LogP contribution in [-0.4, -0.2) is 22.0 Å². The van der Waals surface area contributed by atoms with Gasteiger partial charge in [0, 0.05) is 31.4 Å². The molecule has 3 aromatic heterocycles. The van der Waals surface area contributed by atoms with Crippen LogP contribution in [0.4, 0.5) is 4.39 Å². The van der Waals surface area contributed by atoms with Gasteiger partial charge >= 0.3 is 0 Å². The second-order valence-electron chi connectivity index (χ2n) is 6.24. The van der Waals surface area contributed by atoms with Crippen LogP contribution in [0.15, 0.2) is 66.2 Å². The lowest BCUT2D eigenvalue weighted by atomic mass is 10.2. The minimum absolute atomic E-state index is 0.114. The van der Waals surface area contributed by atoms with E-state index in [-0.39, 0.29) is 11.7 Å². The van der Waals surface area contributed by atoms with Crippen molar-refractivity contribution >= 4 is 27.5 Å². The zero-order valence-corrected chi connectivity index (χ0v) is 15.4. The van der Waals surface area contributed by atoms with E-state index in [1.54, 1.807) is 29.7 Å². The second-order valence-corrected chi connectivity index (χ2v) is 7.19. The van der Waals surface area contributed by atoms with Crippen LogP contribution >= 0.6 is 11.3 Å². The molecule has 136 valence electrons. The van der Waals surface area contributed by atoms with Crippen LogP contribution in [-0.2, 0) is 13.0 Å². The standard InChI is InChI=1S/C21H18FN3OS/c22-16-6-4-15(5-7-16)14-25-18-9-12-27-20(18)13-19(25)21(26)24-11-8-17-3-1-2-10-23-17/h1-7,9-10,12-13H,8,11,14H2,(H,24,26). The number of aromatic nitrogens is 2. The van der Waals surface area contributed by atoms with Crippen molar-refractivity contribution in [3.63, 3.8) is 0 Å². The zero-order chi connectivity index (χ0) is 18.6. The fraction of sp³-hybridized carbons (Fsp3) is 0.143. The first-order valence-corrected chi connectivity index (χ1v) is 9.58. The number of nitrogens with zero attached hydrogens (tertiary/aromatic N) is 2. The van der Waals surface area contributed by atoms with Gasteiger partial charge in [-0.05, 0) is 47.3 Å². The van der Waals surface area contributed by atoms with Gasteiger partial charge in [-0.3, -0.25) is 9.78 Å². The summed E-state index contributed by atoms with van der Waals surface area (Å²) in [7, 11) is 0. The van der Waals surface area contributed by atoms with Crippen LogP contribution in [0.3, 0.4) is 0 Å². The average molecular weight is 379 g/mol. The van der Waals surface area contributed by atoms with E-state index in [0.717, 1.165) is 21.5 Å². The first-order valence-electron chi connectivity index (χ1n) is 8.70. The van der Waals surface area contributed by atoms with Gasteiger partial charge in [-0.1, -0.05) is 18.2 Å². The fourth-order valence-corrected chi connectivity index (χ4v) is 3.87. The number of carbonyl (C=O) groups excluding carboxylic acids is 1. The van der Waals surface area contributed by atoms with Crippen LogP contribution in [0.25, 0.3) is 10.2 Å². The molecule has 4 rings (SSSR count). The maximum absolute atomic E-state index is 13.2. The summed E-state index contributed by atoms with van der Waals surface area (Å²) in [5, 5.41) is 4.99. The number of amides is 1. The number of nitrogens with one attached hydrogen (secondary N) is 1. The number of halogens is 1. The van der Waals surface area contributed by atoms with Gasteiger partial charge in [-0.2, -0.15) is 0 Å². The highest BCUT2D eigenvalue weighted by atomic mass is 32.1. The molecule has 4 nitrogen and oxygen atoms in total. The summed E-state index contributed by atoms with van der Waals surface area (Å²) in [6.45, 7) is 1.04. The van der Waals surface area contributed by atoms with Gasteiger partial charge in [0.15, 0.2) is 0 Å². The first-order chi connectivity index (χ1) is 13.2. The number of hydrogen-bond acceptors (Lipinski definition) is 3. The molecular formula is C21H18FN3OS. The van der Waals surface area contributed by atoms with Gasteiger partial charge in [-0.25, -0.2) is 4.39 Å². The molecule has 0 spiro atoms. The monoisotopic (exact) mass is 379 g/mol. The lowest BCUT2D eigenvalue weighted by Gasteiger charge is -2.11. The molecule has 0 aliphatic rings. The predicted molar refractivity (Wildman–Crippen MR) is 106 cm³/mol. The van der Waals surface area contributed by atoms with Crippen LogP contribution in [0.5, 0.6) is 0 Å². The minimum Gasteiger partial charge on any atom is -0.350 e. The molecule has 1 aromatic carbocycles. The molecule has 4 aromatic rings. The van der Waals surface area contributed by atoms with E-state index in [4.69, 9.17) is 0 Å². The summed E-state index contributed by atoms with van der Waals surface area (Å²) in [6.07, 6.45) is 2.43. The van der Waals surface area contributed by atoms with Crippen molar-refractivity contribution < 1.29 is 9.18 Å². The normalized spacial score (nSPS) is 11.0. The van der Waals surface area contributed by atoms with Gasteiger partial charge in [0.1, 0.15) is 11.5 Å². The molecule has 0 atom stereocenters. The number of pyridine rings is 1. The Hall–Kier alpha value is -2.99. The third-order valence-electron chi connectivity index (χ3n) is 4.40. The zero-order valence-electron chi connectivity index (χ0n) is 14.6. The third kappa shape index (κ3) is 3.90. The average Bonchev–Trinajstić information content (AvgIpc) is 3.27. The van der Waals surface area contributed by atoms with Gasteiger partial charge in [0.05, 0.1) is 10.2 Å². The van der Waals surface area contributed by atoms with Crippen molar-refractivity contribution in [1.82, 2.24) is 14.9 Å². The van der Waals surface area contributed by atoms with E-state index < -0.39 is 0 Å². The highest BCUT2D eigenvalue weighted by molar-refractivity contribution is 7.17. The number of hydrogen-bond donors (Lipinski definition) is 1. The van der Waals surface area contributed by atoms with Crippen LogP contribution in [0, 0.1) is 5.82 Å². The molecule has 0 fully saturated rings. The second kappa shape index (κ2) is 7.72. The SMILES string of the molecule is O=C(NCCc1ccccn1)c1cc2sccc2n1Cc1ccc(F)cc1. The molecule has 3 heterocycles. The lowest BCUT2D eigenvalue weighted by molar-refractivity contribution is 0.0945.